The number of pyridine rings is 1. The average molecular weight is 438 g/mol. The van der Waals surface area contributed by atoms with Gasteiger partial charge in [-0.2, -0.15) is 13.2 Å². The summed E-state index contributed by atoms with van der Waals surface area (Å²) in [6, 6.07) is 5.93. The van der Waals surface area contributed by atoms with E-state index in [9.17, 15) is 22.0 Å². The molecule has 3 aromatic rings. The molecule has 1 fully saturated rings. The number of aromatic hydroxyl groups is 1. The number of benzene rings is 2. The number of aromatic nitrogens is 1. The molecule has 0 bridgehead atoms. The van der Waals surface area contributed by atoms with E-state index in [-0.39, 0.29) is 5.82 Å². The van der Waals surface area contributed by atoms with E-state index in [4.69, 9.17) is 5.11 Å². The number of halogens is 5. The van der Waals surface area contributed by atoms with Crippen LogP contribution in [0, 0.1) is 11.6 Å². The molecule has 1 aromatic heterocycles. The van der Waals surface area contributed by atoms with E-state index in [2.05, 4.69) is 10.3 Å². The second-order valence-electron chi connectivity index (χ2n) is 7.44. The molecular formula is C23H23F5N2O. The van der Waals surface area contributed by atoms with Crippen molar-refractivity contribution in [2.24, 2.45) is 0 Å². The topological polar surface area (TPSA) is 45.2 Å². The number of nitrogens with zero attached hydrogens (tertiary/aromatic N) is 1. The van der Waals surface area contributed by atoms with Gasteiger partial charge in [-0.15, -0.1) is 0 Å². The van der Waals surface area contributed by atoms with Crippen molar-refractivity contribution < 1.29 is 27.1 Å². The number of rotatable bonds is 4. The average Bonchev–Trinajstić information content (AvgIpc) is 2.69. The first-order valence-corrected chi connectivity index (χ1v) is 10.0. The molecule has 2 aromatic carbocycles. The standard InChI is InChI=1S/C16H19FN2.C7H4F4O/c1-2-11-8-16(17)15(10-19-12-4-3-5-12)13-6-7-18-9-14(11)13;8-6-2-1-4(12)3-5(6)7(9,10)11/h6-9,12,19H,2-5,10H2,1H3;1-3,12H. The van der Waals surface area contributed by atoms with Gasteiger partial charge in [0.1, 0.15) is 17.4 Å². The quantitative estimate of drug-likeness (QED) is 0.482. The van der Waals surface area contributed by atoms with Crippen molar-refractivity contribution in [3.63, 3.8) is 0 Å². The lowest BCUT2D eigenvalue weighted by molar-refractivity contribution is -0.140. The van der Waals surface area contributed by atoms with E-state index in [0.717, 1.165) is 34.4 Å². The molecule has 0 aliphatic heterocycles. The van der Waals surface area contributed by atoms with Crippen LogP contribution in [0.3, 0.4) is 0 Å². The normalized spacial score (nSPS) is 14.1. The fourth-order valence-corrected chi connectivity index (χ4v) is 3.42. The van der Waals surface area contributed by atoms with E-state index in [1.165, 1.54) is 19.3 Å². The Morgan fingerprint density at radius 1 is 1.06 bits per heavy atom. The van der Waals surface area contributed by atoms with Crippen LogP contribution in [0.15, 0.2) is 42.7 Å². The number of fused-ring (bicyclic) bond motifs is 1. The Kier molecular flexibility index (Phi) is 7.10. The highest BCUT2D eigenvalue weighted by Gasteiger charge is 2.34. The van der Waals surface area contributed by atoms with Gasteiger partial charge < -0.3 is 10.4 Å². The fourth-order valence-electron chi connectivity index (χ4n) is 3.42. The summed E-state index contributed by atoms with van der Waals surface area (Å²) >= 11 is 0. The maximum atomic E-state index is 14.3. The van der Waals surface area contributed by atoms with Crippen molar-refractivity contribution in [2.75, 3.05) is 0 Å². The van der Waals surface area contributed by atoms with Gasteiger partial charge in [0.05, 0.1) is 5.56 Å². The number of hydrogen-bond donors (Lipinski definition) is 2. The van der Waals surface area contributed by atoms with Crippen LogP contribution in [0.25, 0.3) is 10.8 Å². The number of aryl methyl sites for hydroxylation is 1. The predicted octanol–water partition coefficient (Wildman–Crippen LogP) is 6.13. The van der Waals surface area contributed by atoms with E-state index in [0.29, 0.717) is 24.7 Å². The molecule has 166 valence electrons. The minimum absolute atomic E-state index is 0.0950. The lowest BCUT2D eigenvalue weighted by Crippen LogP contribution is -2.34. The number of nitrogens with one attached hydrogen (secondary N) is 1. The number of phenols is 1. The van der Waals surface area contributed by atoms with Crippen LogP contribution in [0.1, 0.15) is 42.9 Å². The third-order valence-corrected chi connectivity index (χ3v) is 5.39. The molecule has 3 nitrogen and oxygen atoms in total. The molecule has 31 heavy (non-hydrogen) atoms. The molecule has 0 spiro atoms. The van der Waals surface area contributed by atoms with Crippen molar-refractivity contribution in [3.05, 3.63) is 71.1 Å². The van der Waals surface area contributed by atoms with Crippen LogP contribution in [-0.4, -0.2) is 16.1 Å². The first-order valence-electron chi connectivity index (χ1n) is 10.0. The summed E-state index contributed by atoms with van der Waals surface area (Å²) in [5.74, 6) is -2.09. The highest BCUT2D eigenvalue weighted by atomic mass is 19.4. The zero-order chi connectivity index (χ0) is 22.6. The van der Waals surface area contributed by atoms with Crippen molar-refractivity contribution in [3.8, 4) is 5.75 Å². The van der Waals surface area contributed by atoms with Gasteiger partial charge in [-0.1, -0.05) is 13.3 Å². The van der Waals surface area contributed by atoms with Gasteiger partial charge in [0.25, 0.3) is 0 Å². The summed E-state index contributed by atoms with van der Waals surface area (Å²) < 4.78 is 62.3. The predicted molar refractivity (Wildman–Crippen MR) is 109 cm³/mol. The molecule has 0 radical (unpaired) electrons. The Morgan fingerprint density at radius 3 is 2.39 bits per heavy atom. The van der Waals surface area contributed by atoms with Gasteiger partial charge in [-0.25, -0.2) is 8.78 Å². The zero-order valence-corrected chi connectivity index (χ0v) is 16.9. The Hall–Kier alpha value is -2.74. The maximum absolute atomic E-state index is 14.3. The van der Waals surface area contributed by atoms with E-state index in [1.54, 1.807) is 12.3 Å². The minimum Gasteiger partial charge on any atom is -0.508 e. The third-order valence-electron chi connectivity index (χ3n) is 5.39. The molecule has 1 aliphatic rings. The van der Waals surface area contributed by atoms with Crippen LogP contribution >= 0.6 is 0 Å². The van der Waals surface area contributed by atoms with Gasteiger partial charge >= 0.3 is 6.18 Å². The minimum atomic E-state index is -4.76. The summed E-state index contributed by atoms with van der Waals surface area (Å²) in [5.41, 5.74) is 0.358. The Balaban J connectivity index is 0.000000196. The third kappa shape index (κ3) is 5.50. The monoisotopic (exact) mass is 438 g/mol. The molecule has 1 saturated carbocycles. The number of alkyl halides is 3. The van der Waals surface area contributed by atoms with E-state index in [1.807, 2.05) is 19.2 Å². The van der Waals surface area contributed by atoms with Crippen LogP contribution in [0.5, 0.6) is 5.75 Å². The van der Waals surface area contributed by atoms with Crippen molar-refractivity contribution in [1.29, 1.82) is 0 Å². The van der Waals surface area contributed by atoms with E-state index < -0.39 is 23.3 Å². The van der Waals surface area contributed by atoms with Crippen molar-refractivity contribution in [2.45, 2.75) is 51.4 Å². The summed E-state index contributed by atoms with van der Waals surface area (Å²) in [6.45, 7) is 2.66. The second kappa shape index (κ2) is 9.60. The molecule has 2 N–H and O–H groups in total. The van der Waals surface area contributed by atoms with Crippen LogP contribution in [-0.2, 0) is 19.1 Å². The summed E-state index contributed by atoms with van der Waals surface area (Å²) in [6.07, 6.45) is 3.38. The summed E-state index contributed by atoms with van der Waals surface area (Å²) in [7, 11) is 0. The Labute approximate surface area is 176 Å². The SMILES string of the molecule is CCc1cc(F)c(CNC2CCC2)c2ccncc12.Oc1ccc(F)c(C(F)(F)F)c1. The second-order valence-corrected chi connectivity index (χ2v) is 7.44. The first-order chi connectivity index (χ1) is 14.7. The van der Waals surface area contributed by atoms with Crippen molar-refractivity contribution >= 4 is 10.8 Å². The summed E-state index contributed by atoms with van der Waals surface area (Å²) in [4.78, 5) is 4.17. The molecule has 4 rings (SSSR count). The summed E-state index contributed by atoms with van der Waals surface area (Å²) in [5, 5.41) is 14.2. The lowest BCUT2D eigenvalue weighted by Gasteiger charge is -2.27. The highest BCUT2D eigenvalue weighted by Crippen LogP contribution is 2.33. The smallest absolute Gasteiger partial charge is 0.419 e. The molecule has 0 amide bonds. The molecule has 0 saturated heterocycles. The number of hydrogen-bond acceptors (Lipinski definition) is 3. The molecule has 1 aliphatic carbocycles. The van der Waals surface area contributed by atoms with Crippen LogP contribution < -0.4 is 5.32 Å². The molecule has 1 heterocycles. The largest absolute Gasteiger partial charge is 0.508 e. The van der Waals surface area contributed by atoms with Crippen molar-refractivity contribution in [1.82, 2.24) is 10.3 Å². The number of phenolic OH excluding ortho intramolecular Hbond substituents is 1. The zero-order valence-electron chi connectivity index (χ0n) is 16.9. The Bertz CT molecular complexity index is 1050. The first kappa shape index (κ1) is 22.9. The molecule has 0 unspecified atom stereocenters. The van der Waals surface area contributed by atoms with Gasteiger partial charge in [0.2, 0.25) is 0 Å². The van der Waals surface area contributed by atoms with E-state index >= 15 is 0 Å². The highest BCUT2D eigenvalue weighted by molar-refractivity contribution is 5.88. The Morgan fingerprint density at radius 2 is 1.81 bits per heavy atom. The lowest BCUT2D eigenvalue weighted by atomic mass is 9.92. The van der Waals surface area contributed by atoms with Gasteiger partial charge in [0.15, 0.2) is 0 Å². The fraction of sp³-hybridized carbons (Fsp3) is 0.348. The van der Waals surface area contributed by atoms with Crippen LogP contribution in [0.2, 0.25) is 0 Å². The van der Waals surface area contributed by atoms with Crippen LogP contribution in [0.4, 0.5) is 22.0 Å². The van der Waals surface area contributed by atoms with Gasteiger partial charge in [0, 0.05) is 35.9 Å². The molecule has 0 atom stereocenters. The van der Waals surface area contributed by atoms with Gasteiger partial charge in [-0.05, 0) is 60.5 Å². The molecular weight excluding hydrogens is 415 g/mol. The van der Waals surface area contributed by atoms with Gasteiger partial charge in [-0.3, -0.25) is 4.98 Å². The molecule has 8 heteroatoms. The maximum Gasteiger partial charge on any atom is 0.419 e.